The number of Topliss-reactive ketones (excluding diaryl/α,β-unsaturated/α-hetero) is 1. The van der Waals surface area contributed by atoms with Crippen molar-refractivity contribution >= 4 is 5.78 Å². The van der Waals surface area contributed by atoms with Crippen LogP contribution < -0.4 is 0 Å². The average molecular weight is 213 g/mol. The number of rotatable bonds is 4. The van der Waals surface area contributed by atoms with E-state index in [0.717, 1.165) is 19.7 Å². The van der Waals surface area contributed by atoms with E-state index in [2.05, 4.69) is 11.8 Å². The van der Waals surface area contributed by atoms with Crippen molar-refractivity contribution in [3.05, 3.63) is 0 Å². The second-order valence-corrected chi connectivity index (χ2v) is 4.70. The molecule has 1 saturated heterocycles. The van der Waals surface area contributed by atoms with Crippen molar-refractivity contribution in [2.45, 2.75) is 46.3 Å². The van der Waals surface area contributed by atoms with Gasteiger partial charge in [0.05, 0.1) is 12.7 Å². The molecule has 3 nitrogen and oxygen atoms in total. The Hall–Kier alpha value is -0.410. The number of likely N-dealkylation sites (tertiary alicyclic amines) is 1. The van der Waals surface area contributed by atoms with Crippen LogP contribution in [0.3, 0.4) is 0 Å². The van der Waals surface area contributed by atoms with Crippen molar-refractivity contribution in [1.29, 1.82) is 0 Å². The minimum Gasteiger partial charge on any atom is -0.377 e. The predicted octanol–water partition coefficient (Wildman–Crippen LogP) is 1.71. The first-order valence-corrected chi connectivity index (χ1v) is 5.90. The molecule has 1 fully saturated rings. The zero-order valence-corrected chi connectivity index (χ0v) is 10.3. The second kappa shape index (κ2) is 5.61. The van der Waals surface area contributed by atoms with Gasteiger partial charge >= 0.3 is 0 Å². The molecule has 0 amide bonds. The molecule has 0 aliphatic carbocycles. The molecule has 0 bridgehead atoms. The lowest BCUT2D eigenvalue weighted by atomic mass is 9.91. The molecular weight excluding hydrogens is 190 g/mol. The zero-order valence-electron chi connectivity index (χ0n) is 10.3. The van der Waals surface area contributed by atoms with Crippen molar-refractivity contribution in [1.82, 2.24) is 4.90 Å². The van der Waals surface area contributed by atoms with Crippen molar-refractivity contribution in [2.24, 2.45) is 5.92 Å². The van der Waals surface area contributed by atoms with E-state index in [4.69, 9.17) is 4.74 Å². The van der Waals surface area contributed by atoms with Crippen molar-refractivity contribution in [2.75, 3.05) is 19.7 Å². The fraction of sp³-hybridized carbons (Fsp3) is 0.917. The molecule has 0 aromatic heterocycles. The summed E-state index contributed by atoms with van der Waals surface area (Å²) in [4.78, 5) is 13.8. The summed E-state index contributed by atoms with van der Waals surface area (Å²) >= 11 is 0. The molecule has 0 saturated carbocycles. The van der Waals surface area contributed by atoms with E-state index in [1.165, 1.54) is 0 Å². The lowest BCUT2D eigenvalue weighted by Gasteiger charge is -2.36. The Morgan fingerprint density at radius 1 is 1.47 bits per heavy atom. The number of carbonyl (C=O) groups excluding carboxylic acids is 1. The van der Waals surface area contributed by atoms with Gasteiger partial charge in [-0.2, -0.15) is 0 Å². The van der Waals surface area contributed by atoms with Gasteiger partial charge in [-0.1, -0.05) is 6.92 Å². The highest BCUT2D eigenvalue weighted by Crippen LogP contribution is 2.19. The first-order chi connectivity index (χ1) is 7.02. The minimum atomic E-state index is 0.179. The van der Waals surface area contributed by atoms with E-state index in [-0.39, 0.29) is 5.92 Å². The van der Waals surface area contributed by atoms with Gasteiger partial charge in [-0.05, 0) is 20.8 Å². The molecule has 2 atom stereocenters. The van der Waals surface area contributed by atoms with Gasteiger partial charge in [0.15, 0.2) is 0 Å². The van der Waals surface area contributed by atoms with Crippen LogP contribution in [0.5, 0.6) is 0 Å². The standard InChI is InChI=1S/C12H23NO2/c1-9(2)15-8-7-13-6-5-12(14)10(3)11(13)4/h9-11H,5-8H2,1-4H3. The second-order valence-electron chi connectivity index (χ2n) is 4.70. The number of piperidine rings is 1. The smallest absolute Gasteiger partial charge is 0.138 e. The van der Waals surface area contributed by atoms with Gasteiger partial charge in [-0.3, -0.25) is 9.69 Å². The summed E-state index contributed by atoms with van der Waals surface area (Å²) in [5, 5.41) is 0. The third-order valence-electron chi connectivity index (χ3n) is 3.28. The Morgan fingerprint density at radius 3 is 2.73 bits per heavy atom. The maximum Gasteiger partial charge on any atom is 0.138 e. The topological polar surface area (TPSA) is 29.5 Å². The molecule has 1 heterocycles. The van der Waals surface area contributed by atoms with Crippen LogP contribution >= 0.6 is 0 Å². The fourth-order valence-corrected chi connectivity index (χ4v) is 1.99. The molecule has 88 valence electrons. The van der Waals surface area contributed by atoms with E-state index in [1.54, 1.807) is 0 Å². The van der Waals surface area contributed by atoms with Crippen LogP contribution in [0.25, 0.3) is 0 Å². The zero-order chi connectivity index (χ0) is 11.4. The maximum absolute atomic E-state index is 11.5. The van der Waals surface area contributed by atoms with Crippen LogP contribution in [-0.4, -0.2) is 42.5 Å². The Kier molecular flexibility index (Phi) is 4.74. The molecule has 1 rings (SSSR count). The van der Waals surface area contributed by atoms with Crippen molar-refractivity contribution in [3.63, 3.8) is 0 Å². The number of nitrogens with zero attached hydrogens (tertiary/aromatic N) is 1. The Bertz CT molecular complexity index is 216. The number of carbonyl (C=O) groups is 1. The van der Waals surface area contributed by atoms with E-state index in [9.17, 15) is 4.79 Å². The quantitative estimate of drug-likeness (QED) is 0.712. The highest BCUT2D eigenvalue weighted by molar-refractivity contribution is 5.82. The summed E-state index contributed by atoms with van der Waals surface area (Å²) < 4.78 is 5.53. The summed E-state index contributed by atoms with van der Waals surface area (Å²) in [5.74, 6) is 0.585. The van der Waals surface area contributed by atoms with Gasteiger partial charge in [0.25, 0.3) is 0 Å². The van der Waals surface area contributed by atoms with E-state index < -0.39 is 0 Å². The minimum absolute atomic E-state index is 0.179. The third kappa shape index (κ3) is 3.58. The first-order valence-electron chi connectivity index (χ1n) is 5.90. The average Bonchev–Trinajstić information content (AvgIpc) is 2.18. The largest absolute Gasteiger partial charge is 0.377 e. The maximum atomic E-state index is 11.5. The monoisotopic (exact) mass is 213 g/mol. The normalized spacial score (nSPS) is 28.7. The molecule has 2 unspecified atom stereocenters. The van der Waals surface area contributed by atoms with Gasteiger partial charge in [-0.15, -0.1) is 0 Å². The molecule has 0 spiro atoms. The Balaban J connectivity index is 2.33. The van der Waals surface area contributed by atoms with Gasteiger partial charge in [0, 0.05) is 31.5 Å². The summed E-state index contributed by atoms with van der Waals surface area (Å²) in [6.45, 7) is 10.9. The van der Waals surface area contributed by atoms with E-state index >= 15 is 0 Å². The number of ketones is 1. The molecule has 0 N–H and O–H groups in total. The molecule has 1 aliphatic heterocycles. The molecule has 0 radical (unpaired) electrons. The highest BCUT2D eigenvalue weighted by atomic mass is 16.5. The molecular formula is C12H23NO2. The van der Waals surface area contributed by atoms with Gasteiger partial charge in [0.1, 0.15) is 5.78 Å². The molecule has 15 heavy (non-hydrogen) atoms. The van der Waals surface area contributed by atoms with Crippen LogP contribution in [0.2, 0.25) is 0 Å². The lowest BCUT2D eigenvalue weighted by molar-refractivity contribution is -0.128. The predicted molar refractivity (Wildman–Crippen MR) is 60.9 cm³/mol. The summed E-state index contributed by atoms with van der Waals surface area (Å²) in [6.07, 6.45) is 0.997. The highest BCUT2D eigenvalue weighted by Gasteiger charge is 2.30. The number of ether oxygens (including phenoxy) is 1. The third-order valence-corrected chi connectivity index (χ3v) is 3.28. The van der Waals surface area contributed by atoms with Gasteiger partial charge in [0.2, 0.25) is 0 Å². The van der Waals surface area contributed by atoms with Crippen LogP contribution in [0, 0.1) is 5.92 Å². The molecule has 1 aliphatic rings. The molecule has 3 heteroatoms. The van der Waals surface area contributed by atoms with Crippen LogP contribution in [0.1, 0.15) is 34.1 Å². The van der Waals surface area contributed by atoms with E-state index in [1.807, 2.05) is 20.8 Å². The van der Waals surface area contributed by atoms with E-state index in [0.29, 0.717) is 24.3 Å². The molecule has 0 aromatic carbocycles. The van der Waals surface area contributed by atoms with Crippen molar-refractivity contribution < 1.29 is 9.53 Å². The van der Waals surface area contributed by atoms with Crippen LogP contribution in [0.4, 0.5) is 0 Å². The van der Waals surface area contributed by atoms with Gasteiger partial charge in [-0.25, -0.2) is 0 Å². The van der Waals surface area contributed by atoms with Crippen LogP contribution in [0.15, 0.2) is 0 Å². The first kappa shape index (κ1) is 12.7. The number of hydrogen-bond acceptors (Lipinski definition) is 3. The summed E-state index contributed by atoms with van der Waals surface area (Å²) in [5.41, 5.74) is 0. The fourth-order valence-electron chi connectivity index (χ4n) is 1.99. The van der Waals surface area contributed by atoms with Crippen molar-refractivity contribution in [3.8, 4) is 0 Å². The lowest BCUT2D eigenvalue weighted by Crippen LogP contribution is -2.48. The van der Waals surface area contributed by atoms with Crippen LogP contribution in [-0.2, 0) is 9.53 Å². The van der Waals surface area contributed by atoms with Gasteiger partial charge < -0.3 is 4.74 Å². The Morgan fingerprint density at radius 2 is 2.13 bits per heavy atom. The Labute approximate surface area is 92.8 Å². The SMILES string of the molecule is CC(C)OCCN1CCC(=O)C(C)C1C. The molecule has 0 aromatic rings. The summed E-state index contributed by atoms with van der Waals surface area (Å²) in [7, 11) is 0. The summed E-state index contributed by atoms with van der Waals surface area (Å²) in [6, 6.07) is 0.363. The number of hydrogen-bond donors (Lipinski definition) is 0.